The van der Waals surface area contributed by atoms with E-state index in [1.54, 1.807) is 0 Å². The zero-order valence-corrected chi connectivity index (χ0v) is 8.79. The third-order valence-corrected chi connectivity index (χ3v) is 2.05. The minimum atomic E-state index is 0.0407. The van der Waals surface area contributed by atoms with Crippen molar-refractivity contribution in [3.63, 3.8) is 0 Å². The van der Waals surface area contributed by atoms with Gasteiger partial charge in [0.1, 0.15) is 10.3 Å². The zero-order chi connectivity index (χ0) is 10.0. The number of hydrogen-bond acceptors (Lipinski definition) is 3. The van der Waals surface area contributed by atoms with Crippen molar-refractivity contribution in [2.45, 2.75) is 6.42 Å². The summed E-state index contributed by atoms with van der Waals surface area (Å²) in [6.07, 6.45) is 0.333. The zero-order valence-electron chi connectivity index (χ0n) is 6.52. The first-order chi connectivity index (χ1) is 6.00. The third-order valence-electron chi connectivity index (χ3n) is 1.29. The molecule has 6 heteroatoms. The quantitative estimate of drug-likeness (QED) is 0.806. The molecule has 3 nitrogen and oxygen atoms in total. The summed E-state index contributed by atoms with van der Waals surface area (Å²) in [4.78, 5) is 7.47. The minimum Gasteiger partial charge on any atom is -0.368 e. The Bertz CT molecular complexity index is 328. The molecule has 0 atom stereocenters. The van der Waals surface area contributed by atoms with Crippen LogP contribution in [-0.2, 0) is 6.42 Å². The first kappa shape index (κ1) is 10.6. The molecule has 0 aliphatic rings. The van der Waals surface area contributed by atoms with Crippen molar-refractivity contribution >= 4 is 40.8 Å². The molecule has 0 saturated heterocycles. The summed E-state index contributed by atoms with van der Waals surface area (Å²) in [5, 5.41) is 0.829. The largest absolute Gasteiger partial charge is 0.368 e. The van der Waals surface area contributed by atoms with Gasteiger partial charge in [-0.25, -0.2) is 9.97 Å². The summed E-state index contributed by atoms with van der Waals surface area (Å²) in [5.74, 6) is 0.0407. The lowest BCUT2D eigenvalue weighted by atomic mass is 10.2. The molecule has 0 bridgehead atoms. The topological polar surface area (TPSA) is 51.8 Å². The van der Waals surface area contributed by atoms with Gasteiger partial charge in [0.15, 0.2) is 0 Å². The SMILES string of the molecule is C=C(Cl)Cc1c(Cl)nc(N)nc1Cl. The molecular formula is C7H6Cl3N3. The number of nitrogens with zero attached hydrogens (tertiary/aromatic N) is 2. The molecule has 0 amide bonds. The van der Waals surface area contributed by atoms with Crippen molar-refractivity contribution in [1.82, 2.24) is 9.97 Å². The highest BCUT2D eigenvalue weighted by Crippen LogP contribution is 2.25. The Morgan fingerprint density at radius 2 is 1.77 bits per heavy atom. The highest BCUT2D eigenvalue weighted by atomic mass is 35.5. The normalized spacial score (nSPS) is 10.1. The van der Waals surface area contributed by atoms with E-state index in [2.05, 4.69) is 16.5 Å². The van der Waals surface area contributed by atoms with Gasteiger partial charge in [0.05, 0.1) is 0 Å². The Balaban J connectivity index is 3.13. The molecule has 0 spiro atoms. The number of rotatable bonds is 2. The molecular weight excluding hydrogens is 232 g/mol. The molecule has 1 aromatic rings. The van der Waals surface area contributed by atoms with Crippen molar-refractivity contribution in [2.24, 2.45) is 0 Å². The van der Waals surface area contributed by atoms with Crippen LogP contribution < -0.4 is 5.73 Å². The van der Waals surface area contributed by atoms with Crippen LogP contribution >= 0.6 is 34.8 Å². The van der Waals surface area contributed by atoms with E-state index >= 15 is 0 Å². The van der Waals surface area contributed by atoms with Crippen LogP contribution in [0, 0.1) is 0 Å². The van der Waals surface area contributed by atoms with Crippen LogP contribution in [0.3, 0.4) is 0 Å². The fraction of sp³-hybridized carbons (Fsp3) is 0.143. The Hall–Kier alpha value is -0.510. The van der Waals surface area contributed by atoms with Crippen LogP contribution in [0.25, 0.3) is 0 Å². The lowest BCUT2D eigenvalue weighted by Crippen LogP contribution is -2.00. The number of nitrogen functional groups attached to an aromatic ring is 1. The number of nitrogens with two attached hydrogens (primary N) is 1. The van der Waals surface area contributed by atoms with E-state index in [4.69, 9.17) is 40.5 Å². The molecule has 13 heavy (non-hydrogen) atoms. The highest BCUT2D eigenvalue weighted by molar-refractivity contribution is 6.35. The van der Waals surface area contributed by atoms with Gasteiger partial charge < -0.3 is 5.73 Å². The van der Waals surface area contributed by atoms with E-state index in [1.165, 1.54) is 0 Å². The molecule has 2 N–H and O–H groups in total. The van der Waals surface area contributed by atoms with Gasteiger partial charge in [0, 0.05) is 17.0 Å². The maximum atomic E-state index is 5.76. The highest BCUT2D eigenvalue weighted by Gasteiger charge is 2.10. The minimum absolute atomic E-state index is 0.0407. The van der Waals surface area contributed by atoms with E-state index in [0.717, 1.165) is 0 Å². The number of allylic oxidation sites excluding steroid dienone is 1. The van der Waals surface area contributed by atoms with Crippen molar-refractivity contribution in [3.05, 3.63) is 27.5 Å². The molecule has 1 rings (SSSR count). The maximum absolute atomic E-state index is 5.76. The monoisotopic (exact) mass is 237 g/mol. The number of anilines is 1. The van der Waals surface area contributed by atoms with Crippen LogP contribution in [0.5, 0.6) is 0 Å². The second-order valence-electron chi connectivity index (χ2n) is 2.34. The number of hydrogen-bond donors (Lipinski definition) is 1. The van der Waals surface area contributed by atoms with Gasteiger partial charge in [-0.3, -0.25) is 0 Å². The Morgan fingerprint density at radius 3 is 2.15 bits per heavy atom. The van der Waals surface area contributed by atoms with Gasteiger partial charge in [-0.2, -0.15) is 0 Å². The van der Waals surface area contributed by atoms with E-state index in [-0.39, 0.29) is 16.3 Å². The second-order valence-corrected chi connectivity index (χ2v) is 3.59. The predicted octanol–water partition coefficient (Wildman–Crippen LogP) is 2.66. The average molecular weight is 239 g/mol. The smallest absolute Gasteiger partial charge is 0.222 e. The van der Waals surface area contributed by atoms with Gasteiger partial charge in [0.2, 0.25) is 5.95 Å². The molecule has 1 heterocycles. The summed E-state index contributed by atoms with van der Waals surface area (Å²) in [5.41, 5.74) is 5.85. The molecule has 0 aromatic carbocycles. The molecule has 0 aliphatic carbocycles. The molecule has 0 fully saturated rings. The first-order valence-electron chi connectivity index (χ1n) is 3.31. The maximum Gasteiger partial charge on any atom is 0.222 e. The third kappa shape index (κ3) is 2.72. The van der Waals surface area contributed by atoms with Crippen molar-refractivity contribution in [3.8, 4) is 0 Å². The summed E-state index contributed by atoms with van der Waals surface area (Å²) in [7, 11) is 0. The van der Waals surface area contributed by atoms with Gasteiger partial charge in [0.25, 0.3) is 0 Å². The summed E-state index contributed by atoms with van der Waals surface area (Å²) in [6, 6.07) is 0. The van der Waals surface area contributed by atoms with Crippen LogP contribution in [0.2, 0.25) is 10.3 Å². The molecule has 0 radical (unpaired) electrons. The van der Waals surface area contributed by atoms with Crippen molar-refractivity contribution in [1.29, 1.82) is 0 Å². The van der Waals surface area contributed by atoms with Gasteiger partial charge in [-0.1, -0.05) is 41.4 Å². The molecule has 0 unspecified atom stereocenters. The van der Waals surface area contributed by atoms with Gasteiger partial charge in [-0.15, -0.1) is 0 Å². The number of halogens is 3. The van der Waals surface area contributed by atoms with Crippen molar-refractivity contribution < 1.29 is 0 Å². The summed E-state index contributed by atoms with van der Waals surface area (Å²) in [6.45, 7) is 3.52. The van der Waals surface area contributed by atoms with Crippen LogP contribution in [0.4, 0.5) is 5.95 Å². The van der Waals surface area contributed by atoms with E-state index in [0.29, 0.717) is 17.0 Å². The Labute approximate surface area is 90.5 Å². The van der Waals surface area contributed by atoms with Crippen LogP contribution in [0.1, 0.15) is 5.56 Å². The summed E-state index contributed by atoms with van der Waals surface area (Å²) >= 11 is 17.1. The Morgan fingerprint density at radius 1 is 1.31 bits per heavy atom. The first-order valence-corrected chi connectivity index (χ1v) is 4.44. The lowest BCUT2D eigenvalue weighted by Gasteiger charge is -2.04. The van der Waals surface area contributed by atoms with E-state index in [9.17, 15) is 0 Å². The van der Waals surface area contributed by atoms with Gasteiger partial charge in [-0.05, 0) is 0 Å². The second kappa shape index (κ2) is 4.13. The molecule has 0 aliphatic heterocycles. The average Bonchev–Trinajstić information content (AvgIpc) is 1.96. The Kier molecular flexibility index (Phi) is 3.36. The standard InChI is InChI=1S/C7H6Cl3N3/c1-3(8)2-4-5(9)12-7(11)13-6(4)10/h1-2H2,(H2,11,12,13). The molecule has 1 aromatic heterocycles. The van der Waals surface area contributed by atoms with Crippen LogP contribution in [0.15, 0.2) is 11.6 Å². The van der Waals surface area contributed by atoms with E-state index in [1.807, 2.05) is 0 Å². The molecule has 0 saturated carbocycles. The molecule has 70 valence electrons. The van der Waals surface area contributed by atoms with Crippen LogP contribution in [-0.4, -0.2) is 9.97 Å². The predicted molar refractivity (Wildman–Crippen MR) is 55.2 cm³/mol. The number of aromatic nitrogens is 2. The lowest BCUT2D eigenvalue weighted by molar-refractivity contribution is 1.10. The fourth-order valence-corrected chi connectivity index (χ4v) is 1.45. The van der Waals surface area contributed by atoms with Crippen molar-refractivity contribution in [2.75, 3.05) is 5.73 Å². The van der Waals surface area contributed by atoms with Gasteiger partial charge >= 0.3 is 0 Å². The summed E-state index contributed by atoms with van der Waals surface area (Å²) < 4.78 is 0. The van der Waals surface area contributed by atoms with E-state index < -0.39 is 0 Å². The fourth-order valence-electron chi connectivity index (χ4n) is 0.784.